The topological polar surface area (TPSA) is 56.2 Å². The van der Waals surface area contributed by atoms with E-state index in [2.05, 4.69) is 34.1 Å². The van der Waals surface area contributed by atoms with Gasteiger partial charge >= 0.3 is 5.97 Å². The second kappa shape index (κ2) is 7.02. The molecule has 0 saturated heterocycles. The first kappa shape index (κ1) is 18.4. The summed E-state index contributed by atoms with van der Waals surface area (Å²) < 4.78 is 7.77. The molecule has 0 radical (unpaired) electrons. The van der Waals surface area contributed by atoms with Gasteiger partial charge in [-0.1, -0.05) is 54.6 Å². The summed E-state index contributed by atoms with van der Waals surface area (Å²) >= 11 is 0. The Morgan fingerprint density at radius 2 is 1.77 bits per heavy atom. The highest BCUT2D eigenvalue weighted by Crippen LogP contribution is 2.41. The number of carbonyl (C=O) groups is 1. The number of nitrogens with one attached hydrogen (secondary N) is 1. The van der Waals surface area contributed by atoms with E-state index < -0.39 is 0 Å². The number of aromatic nitrogens is 2. The maximum absolute atomic E-state index is 13.3. The molecular formula is C25H23N3O2. The SMILES string of the molecule is CC1=C(C(=O)OC(C)C)C(c2cccc3ccccc23)n2c(nc3ccccc32)N1. The minimum atomic E-state index is -0.342. The third-order valence-corrected chi connectivity index (χ3v) is 5.51. The van der Waals surface area contributed by atoms with Crippen molar-refractivity contribution in [3.8, 4) is 0 Å². The largest absolute Gasteiger partial charge is 0.459 e. The number of esters is 1. The van der Waals surface area contributed by atoms with E-state index in [1.807, 2.05) is 63.2 Å². The molecular weight excluding hydrogens is 374 g/mol. The van der Waals surface area contributed by atoms with Crippen LogP contribution >= 0.6 is 0 Å². The minimum Gasteiger partial charge on any atom is -0.459 e. The Morgan fingerprint density at radius 3 is 2.60 bits per heavy atom. The smallest absolute Gasteiger partial charge is 0.338 e. The van der Waals surface area contributed by atoms with Gasteiger partial charge in [-0.15, -0.1) is 0 Å². The van der Waals surface area contributed by atoms with Crippen LogP contribution in [0.1, 0.15) is 32.4 Å². The van der Waals surface area contributed by atoms with E-state index in [1.165, 1.54) is 0 Å². The van der Waals surface area contributed by atoms with Crippen LogP contribution in [0.3, 0.4) is 0 Å². The Bertz CT molecular complexity index is 1310. The van der Waals surface area contributed by atoms with E-state index in [-0.39, 0.29) is 18.1 Å². The predicted molar refractivity (Wildman–Crippen MR) is 119 cm³/mol. The van der Waals surface area contributed by atoms with Crippen molar-refractivity contribution in [1.29, 1.82) is 0 Å². The first-order chi connectivity index (χ1) is 14.5. The lowest BCUT2D eigenvalue weighted by Gasteiger charge is -2.31. The molecule has 0 spiro atoms. The van der Waals surface area contributed by atoms with E-state index in [0.29, 0.717) is 5.57 Å². The van der Waals surface area contributed by atoms with Crippen molar-refractivity contribution in [2.24, 2.45) is 0 Å². The quantitative estimate of drug-likeness (QED) is 0.468. The normalized spacial score (nSPS) is 16.1. The molecule has 3 aromatic carbocycles. The Labute approximate surface area is 175 Å². The molecule has 5 heteroatoms. The average molecular weight is 397 g/mol. The Balaban J connectivity index is 1.82. The number of anilines is 1. The summed E-state index contributed by atoms with van der Waals surface area (Å²) in [7, 11) is 0. The molecule has 2 heterocycles. The van der Waals surface area contributed by atoms with Crippen molar-refractivity contribution < 1.29 is 9.53 Å². The molecule has 1 N–H and O–H groups in total. The van der Waals surface area contributed by atoms with E-state index in [0.717, 1.165) is 39.0 Å². The van der Waals surface area contributed by atoms with Crippen LogP contribution in [-0.4, -0.2) is 21.6 Å². The maximum atomic E-state index is 13.3. The number of carbonyl (C=O) groups excluding carboxylic acids is 1. The van der Waals surface area contributed by atoms with Crippen molar-refractivity contribution >= 4 is 33.7 Å². The van der Waals surface area contributed by atoms with Crippen molar-refractivity contribution in [3.63, 3.8) is 0 Å². The molecule has 30 heavy (non-hydrogen) atoms. The lowest BCUT2D eigenvalue weighted by Crippen LogP contribution is -2.30. The lowest BCUT2D eigenvalue weighted by molar-refractivity contribution is -0.143. The summed E-state index contributed by atoms with van der Waals surface area (Å²) in [6.07, 6.45) is -0.202. The van der Waals surface area contributed by atoms with Gasteiger partial charge in [-0.05, 0) is 49.2 Å². The molecule has 0 aliphatic carbocycles. The molecule has 0 fully saturated rings. The van der Waals surface area contributed by atoms with E-state index >= 15 is 0 Å². The van der Waals surface area contributed by atoms with Gasteiger partial charge in [0.2, 0.25) is 5.95 Å². The lowest BCUT2D eigenvalue weighted by atomic mass is 9.91. The number of benzene rings is 3. The number of imidazole rings is 1. The highest BCUT2D eigenvalue weighted by Gasteiger charge is 2.36. The second-order valence-corrected chi connectivity index (χ2v) is 7.88. The molecule has 5 rings (SSSR count). The number of para-hydroxylation sites is 2. The zero-order chi connectivity index (χ0) is 20.8. The van der Waals surface area contributed by atoms with Gasteiger partial charge in [0.15, 0.2) is 0 Å². The van der Waals surface area contributed by atoms with Crippen LogP contribution < -0.4 is 5.32 Å². The van der Waals surface area contributed by atoms with Gasteiger partial charge in [-0.3, -0.25) is 4.57 Å². The van der Waals surface area contributed by atoms with Gasteiger partial charge in [-0.2, -0.15) is 0 Å². The van der Waals surface area contributed by atoms with Crippen molar-refractivity contribution in [2.45, 2.75) is 32.9 Å². The van der Waals surface area contributed by atoms with Gasteiger partial charge in [0, 0.05) is 5.70 Å². The zero-order valence-electron chi connectivity index (χ0n) is 17.2. The molecule has 150 valence electrons. The summed E-state index contributed by atoms with van der Waals surface area (Å²) in [4.78, 5) is 18.0. The highest BCUT2D eigenvalue weighted by molar-refractivity contribution is 5.96. The second-order valence-electron chi connectivity index (χ2n) is 7.88. The molecule has 0 saturated carbocycles. The Morgan fingerprint density at radius 1 is 1.03 bits per heavy atom. The number of hydrogen-bond donors (Lipinski definition) is 1. The molecule has 0 amide bonds. The average Bonchev–Trinajstić information content (AvgIpc) is 3.09. The number of fused-ring (bicyclic) bond motifs is 4. The van der Waals surface area contributed by atoms with Gasteiger partial charge in [0.1, 0.15) is 0 Å². The fourth-order valence-electron chi connectivity index (χ4n) is 4.29. The third-order valence-electron chi connectivity index (χ3n) is 5.51. The first-order valence-electron chi connectivity index (χ1n) is 10.2. The van der Waals surface area contributed by atoms with Crippen LogP contribution in [0, 0.1) is 0 Å². The van der Waals surface area contributed by atoms with Crippen LogP contribution in [0.5, 0.6) is 0 Å². The minimum absolute atomic E-state index is 0.202. The van der Waals surface area contributed by atoms with E-state index in [9.17, 15) is 4.79 Å². The summed E-state index contributed by atoms with van der Waals surface area (Å²) in [5, 5.41) is 5.57. The van der Waals surface area contributed by atoms with Crippen LogP contribution in [0.2, 0.25) is 0 Å². The van der Waals surface area contributed by atoms with Crippen LogP contribution in [0.4, 0.5) is 5.95 Å². The summed E-state index contributed by atoms with van der Waals surface area (Å²) in [5.74, 6) is 0.420. The fraction of sp³-hybridized carbons (Fsp3) is 0.200. The summed E-state index contributed by atoms with van der Waals surface area (Å²) in [6.45, 7) is 5.65. The molecule has 1 aromatic heterocycles. The first-order valence-corrected chi connectivity index (χ1v) is 10.2. The molecule has 1 atom stereocenters. The van der Waals surface area contributed by atoms with Crippen molar-refractivity contribution in [3.05, 3.63) is 83.6 Å². The van der Waals surface area contributed by atoms with Gasteiger partial charge < -0.3 is 10.1 Å². The zero-order valence-corrected chi connectivity index (χ0v) is 17.2. The van der Waals surface area contributed by atoms with Crippen LogP contribution in [0.15, 0.2) is 78.0 Å². The highest BCUT2D eigenvalue weighted by atomic mass is 16.5. The van der Waals surface area contributed by atoms with Crippen molar-refractivity contribution in [1.82, 2.24) is 9.55 Å². The standard InChI is InChI=1S/C25H23N3O2/c1-15(2)30-24(29)22-16(3)26-25-27-20-13-6-7-14-21(20)28(25)23(22)19-12-8-10-17-9-4-5-11-18(17)19/h4-15,23H,1-3H3,(H,26,27). The maximum Gasteiger partial charge on any atom is 0.338 e. The van der Waals surface area contributed by atoms with E-state index in [1.54, 1.807) is 0 Å². The monoisotopic (exact) mass is 397 g/mol. The fourth-order valence-corrected chi connectivity index (χ4v) is 4.29. The molecule has 1 aliphatic heterocycles. The van der Waals surface area contributed by atoms with E-state index in [4.69, 9.17) is 9.72 Å². The Kier molecular flexibility index (Phi) is 4.31. The summed E-state index contributed by atoms with van der Waals surface area (Å²) in [6, 6.07) is 22.1. The third kappa shape index (κ3) is 2.86. The number of allylic oxidation sites excluding steroid dienone is 1. The number of hydrogen-bond acceptors (Lipinski definition) is 4. The number of rotatable bonds is 3. The molecule has 0 bridgehead atoms. The summed E-state index contributed by atoms with van der Waals surface area (Å²) in [5.41, 5.74) is 4.28. The van der Waals surface area contributed by atoms with Crippen LogP contribution in [0.25, 0.3) is 21.8 Å². The number of nitrogens with zero attached hydrogens (tertiary/aromatic N) is 2. The molecule has 5 nitrogen and oxygen atoms in total. The number of ether oxygens (including phenoxy) is 1. The van der Waals surface area contributed by atoms with Gasteiger partial charge in [0.25, 0.3) is 0 Å². The van der Waals surface area contributed by atoms with Gasteiger partial charge in [0.05, 0.1) is 28.8 Å². The van der Waals surface area contributed by atoms with Crippen LogP contribution in [-0.2, 0) is 9.53 Å². The van der Waals surface area contributed by atoms with Crippen molar-refractivity contribution in [2.75, 3.05) is 5.32 Å². The molecule has 1 aliphatic rings. The Hall–Kier alpha value is -3.60. The molecule has 1 unspecified atom stereocenters. The predicted octanol–water partition coefficient (Wildman–Crippen LogP) is 5.43. The molecule has 4 aromatic rings. The van der Waals surface area contributed by atoms with Gasteiger partial charge in [-0.25, -0.2) is 9.78 Å².